The summed E-state index contributed by atoms with van der Waals surface area (Å²) in [5, 5.41) is 8.98. The largest absolute Gasteiger partial charge is 0.478 e. The monoisotopic (exact) mass is 218 g/mol. The molecule has 1 fully saturated rings. The Balaban J connectivity index is 2.39. The number of hydrogen-bond donors (Lipinski definition) is 1. The van der Waals surface area contributed by atoms with Crippen LogP contribution in [0.4, 0.5) is 0 Å². The number of ketones is 1. The van der Waals surface area contributed by atoms with Crippen molar-refractivity contribution in [1.29, 1.82) is 0 Å². The molecule has 1 saturated carbocycles. The zero-order valence-electron chi connectivity index (χ0n) is 9.41. The van der Waals surface area contributed by atoms with Crippen molar-refractivity contribution in [2.24, 2.45) is 0 Å². The quantitative estimate of drug-likeness (QED) is 0.829. The molecule has 1 aliphatic carbocycles. The third-order valence-electron chi connectivity index (χ3n) is 3.45. The van der Waals surface area contributed by atoms with Crippen LogP contribution >= 0.6 is 0 Å². The second-order valence-electron chi connectivity index (χ2n) is 4.40. The van der Waals surface area contributed by atoms with Crippen molar-refractivity contribution < 1.29 is 14.7 Å². The van der Waals surface area contributed by atoms with Crippen LogP contribution in [-0.4, -0.2) is 16.9 Å². The number of carbonyl (C=O) groups is 2. The lowest BCUT2D eigenvalue weighted by molar-refractivity contribution is -0.124. The van der Waals surface area contributed by atoms with Gasteiger partial charge in [0.05, 0.1) is 5.56 Å². The van der Waals surface area contributed by atoms with Gasteiger partial charge in [-0.05, 0) is 42.5 Å². The molecule has 16 heavy (non-hydrogen) atoms. The molecule has 1 aromatic rings. The van der Waals surface area contributed by atoms with Gasteiger partial charge in [0.15, 0.2) is 0 Å². The predicted molar refractivity (Wildman–Crippen MR) is 59.9 cm³/mol. The van der Waals surface area contributed by atoms with Gasteiger partial charge in [-0.25, -0.2) is 4.79 Å². The normalized spacial score (nSPS) is 16.0. The van der Waals surface area contributed by atoms with Crippen molar-refractivity contribution in [2.45, 2.75) is 32.6 Å². The minimum Gasteiger partial charge on any atom is -0.478 e. The molecule has 0 heterocycles. The van der Waals surface area contributed by atoms with Crippen LogP contribution in [0.2, 0.25) is 0 Å². The maximum atomic E-state index is 11.0. The molecule has 0 amide bonds. The smallest absolute Gasteiger partial charge is 0.335 e. The summed E-state index contributed by atoms with van der Waals surface area (Å²) in [6, 6.07) is 3.49. The molecule has 3 heteroatoms. The second-order valence-corrected chi connectivity index (χ2v) is 4.40. The highest BCUT2D eigenvalue weighted by Crippen LogP contribution is 2.36. The van der Waals surface area contributed by atoms with Crippen molar-refractivity contribution in [3.63, 3.8) is 0 Å². The number of hydrogen-bond acceptors (Lipinski definition) is 2. The first-order valence-electron chi connectivity index (χ1n) is 5.35. The fourth-order valence-electron chi connectivity index (χ4n) is 2.23. The van der Waals surface area contributed by atoms with E-state index in [1.54, 1.807) is 6.07 Å². The second kappa shape index (κ2) is 3.74. The number of carboxylic acids is 1. The van der Waals surface area contributed by atoms with Gasteiger partial charge in [0, 0.05) is 12.8 Å². The van der Waals surface area contributed by atoms with Gasteiger partial charge in [-0.15, -0.1) is 0 Å². The Labute approximate surface area is 94.1 Å². The summed E-state index contributed by atoms with van der Waals surface area (Å²) >= 11 is 0. The summed E-state index contributed by atoms with van der Waals surface area (Å²) < 4.78 is 0. The minimum atomic E-state index is -0.892. The molecule has 0 unspecified atom stereocenters. The zero-order chi connectivity index (χ0) is 11.9. The fourth-order valence-corrected chi connectivity index (χ4v) is 2.23. The van der Waals surface area contributed by atoms with Crippen molar-refractivity contribution >= 4 is 11.8 Å². The topological polar surface area (TPSA) is 54.4 Å². The first-order valence-corrected chi connectivity index (χ1v) is 5.35. The molecular formula is C13H14O3. The van der Waals surface area contributed by atoms with Crippen molar-refractivity contribution in [3.8, 4) is 0 Å². The number of rotatable bonds is 2. The highest BCUT2D eigenvalue weighted by Gasteiger charge is 2.29. The average Bonchev–Trinajstić information content (AvgIpc) is 2.17. The molecule has 84 valence electrons. The molecule has 0 aromatic heterocycles. The molecule has 0 radical (unpaired) electrons. The van der Waals surface area contributed by atoms with E-state index >= 15 is 0 Å². The average molecular weight is 218 g/mol. The SMILES string of the molecule is Cc1c(C(=O)O)ccc(C2CC(=O)C2)c1C. The van der Waals surface area contributed by atoms with Crippen LogP contribution < -0.4 is 0 Å². The summed E-state index contributed by atoms with van der Waals surface area (Å²) in [5.74, 6) is -0.296. The minimum absolute atomic E-state index is 0.296. The van der Waals surface area contributed by atoms with Crippen LogP contribution in [0.5, 0.6) is 0 Å². The first-order chi connectivity index (χ1) is 7.50. The maximum absolute atomic E-state index is 11.0. The molecule has 0 atom stereocenters. The number of carboxylic acid groups (broad SMARTS) is 1. The van der Waals surface area contributed by atoms with Crippen molar-refractivity contribution in [3.05, 3.63) is 34.4 Å². The first kappa shape index (κ1) is 10.9. The van der Waals surface area contributed by atoms with Crippen LogP contribution in [0.1, 0.15) is 45.8 Å². The van der Waals surface area contributed by atoms with Gasteiger partial charge in [0.25, 0.3) is 0 Å². The van der Waals surface area contributed by atoms with E-state index in [4.69, 9.17) is 5.11 Å². The van der Waals surface area contributed by atoms with E-state index < -0.39 is 5.97 Å². The molecule has 1 aromatic carbocycles. The Bertz CT molecular complexity index is 466. The molecular weight excluding hydrogens is 204 g/mol. The molecule has 0 saturated heterocycles. The van der Waals surface area contributed by atoms with Gasteiger partial charge in [-0.3, -0.25) is 4.79 Å². The summed E-state index contributed by atoms with van der Waals surface area (Å²) in [6.45, 7) is 3.75. The lowest BCUT2D eigenvalue weighted by Gasteiger charge is -2.27. The third kappa shape index (κ3) is 1.62. The zero-order valence-corrected chi connectivity index (χ0v) is 9.41. The van der Waals surface area contributed by atoms with E-state index in [9.17, 15) is 9.59 Å². The van der Waals surface area contributed by atoms with Gasteiger partial charge in [-0.1, -0.05) is 6.07 Å². The number of aromatic carboxylic acids is 1. The van der Waals surface area contributed by atoms with E-state index in [0.717, 1.165) is 16.7 Å². The predicted octanol–water partition coefficient (Wildman–Crippen LogP) is 2.45. The molecule has 0 bridgehead atoms. The Morgan fingerprint density at radius 1 is 1.25 bits per heavy atom. The highest BCUT2D eigenvalue weighted by atomic mass is 16.4. The fraction of sp³-hybridized carbons (Fsp3) is 0.385. The van der Waals surface area contributed by atoms with Gasteiger partial charge in [0.1, 0.15) is 5.78 Å². The van der Waals surface area contributed by atoms with Gasteiger partial charge in [0.2, 0.25) is 0 Å². The number of benzene rings is 1. The van der Waals surface area contributed by atoms with Gasteiger partial charge >= 0.3 is 5.97 Å². The van der Waals surface area contributed by atoms with Crippen molar-refractivity contribution in [2.75, 3.05) is 0 Å². The van der Waals surface area contributed by atoms with Gasteiger partial charge < -0.3 is 5.11 Å². The molecule has 0 aliphatic heterocycles. The van der Waals surface area contributed by atoms with E-state index in [2.05, 4.69) is 0 Å². The van der Waals surface area contributed by atoms with Crippen molar-refractivity contribution in [1.82, 2.24) is 0 Å². The van der Waals surface area contributed by atoms with E-state index in [-0.39, 0.29) is 0 Å². The van der Waals surface area contributed by atoms with E-state index in [1.165, 1.54) is 0 Å². The lowest BCUT2D eigenvalue weighted by atomic mass is 9.76. The van der Waals surface area contributed by atoms with Crippen LogP contribution in [-0.2, 0) is 4.79 Å². The van der Waals surface area contributed by atoms with Gasteiger partial charge in [-0.2, -0.15) is 0 Å². The van der Waals surface area contributed by atoms with Crippen LogP contribution in [0.25, 0.3) is 0 Å². The molecule has 3 nitrogen and oxygen atoms in total. The molecule has 1 N–H and O–H groups in total. The Hall–Kier alpha value is -1.64. The Morgan fingerprint density at radius 2 is 1.88 bits per heavy atom. The molecule has 1 aliphatic rings. The van der Waals surface area contributed by atoms with E-state index in [0.29, 0.717) is 30.1 Å². The van der Waals surface area contributed by atoms with E-state index in [1.807, 2.05) is 19.9 Å². The molecule has 2 rings (SSSR count). The standard InChI is InChI=1S/C13H14O3/c1-7-8(2)12(13(15)16)4-3-11(7)9-5-10(14)6-9/h3-4,9H,5-6H2,1-2H3,(H,15,16). The third-order valence-corrected chi connectivity index (χ3v) is 3.45. The maximum Gasteiger partial charge on any atom is 0.335 e. The summed E-state index contributed by atoms with van der Waals surface area (Å²) in [5.41, 5.74) is 3.30. The Morgan fingerprint density at radius 3 is 2.38 bits per heavy atom. The van der Waals surface area contributed by atoms with Crippen LogP contribution in [0.15, 0.2) is 12.1 Å². The lowest BCUT2D eigenvalue weighted by Crippen LogP contribution is -2.22. The Kier molecular flexibility index (Phi) is 2.54. The van der Waals surface area contributed by atoms with Crippen LogP contribution in [0.3, 0.4) is 0 Å². The molecule has 0 spiro atoms. The van der Waals surface area contributed by atoms with Crippen LogP contribution in [0, 0.1) is 13.8 Å². The highest BCUT2D eigenvalue weighted by molar-refractivity contribution is 5.90. The number of carbonyl (C=O) groups excluding carboxylic acids is 1. The number of Topliss-reactive ketones (excluding diaryl/α,β-unsaturated/α-hetero) is 1. The summed E-state index contributed by atoms with van der Waals surface area (Å²) in [7, 11) is 0. The summed E-state index contributed by atoms with van der Waals surface area (Å²) in [4.78, 5) is 21.9. The summed E-state index contributed by atoms with van der Waals surface area (Å²) in [6.07, 6.45) is 1.21.